The maximum absolute atomic E-state index is 14.2. The highest BCUT2D eigenvalue weighted by Crippen LogP contribution is 2.26. The Hall–Kier alpha value is -2.61. The third-order valence-corrected chi connectivity index (χ3v) is 4.41. The third-order valence-electron chi connectivity index (χ3n) is 3.55. The van der Waals surface area contributed by atoms with E-state index in [1.165, 1.54) is 39.6 Å². The van der Waals surface area contributed by atoms with Crippen LogP contribution in [0.1, 0.15) is 17.8 Å². The average molecular weight is 348 g/mol. The van der Waals surface area contributed by atoms with Crippen molar-refractivity contribution < 1.29 is 13.6 Å². The molecule has 2 aromatic heterocycles. The highest BCUT2D eigenvalue weighted by Gasteiger charge is 2.26. The smallest absolute Gasteiger partial charge is 0.252 e. The van der Waals surface area contributed by atoms with Gasteiger partial charge in [-0.05, 0) is 30.5 Å². The summed E-state index contributed by atoms with van der Waals surface area (Å²) in [6.45, 7) is 1.85. The van der Waals surface area contributed by atoms with E-state index in [4.69, 9.17) is 0 Å². The highest BCUT2D eigenvalue weighted by molar-refractivity contribution is 7.09. The van der Waals surface area contributed by atoms with Crippen LogP contribution in [0, 0.1) is 11.6 Å². The molecule has 3 rings (SSSR count). The first-order valence-electron chi connectivity index (χ1n) is 7.19. The maximum atomic E-state index is 14.2. The second-order valence-electron chi connectivity index (χ2n) is 5.15. The molecule has 8 heteroatoms. The summed E-state index contributed by atoms with van der Waals surface area (Å²) in [5.74, 6) is -1.84. The molecule has 0 fully saturated rings. The SMILES string of the molecule is C[C@H](C(=O)N(Cc1cccs1)c1ccc(F)cc1F)n1cncn1. The van der Waals surface area contributed by atoms with Crippen molar-refractivity contribution in [2.24, 2.45) is 0 Å². The number of rotatable bonds is 5. The molecule has 1 amide bonds. The molecule has 0 radical (unpaired) electrons. The summed E-state index contributed by atoms with van der Waals surface area (Å²) in [6, 6.07) is 6.20. The van der Waals surface area contributed by atoms with E-state index in [2.05, 4.69) is 10.1 Å². The fourth-order valence-electron chi connectivity index (χ4n) is 2.30. The van der Waals surface area contributed by atoms with Crippen molar-refractivity contribution in [2.75, 3.05) is 4.90 Å². The second-order valence-corrected chi connectivity index (χ2v) is 6.18. The third kappa shape index (κ3) is 3.33. The monoisotopic (exact) mass is 348 g/mol. The summed E-state index contributed by atoms with van der Waals surface area (Å²) in [7, 11) is 0. The molecule has 2 heterocycles. The van der Waals surface area contributed by atoms with Crippen molar-refractivity contribution in [1.29, 1.82) is 0 Å². The molecular weight excluding hydrogens is 334 g/mol. The number of hydrogen-bond acceptors (Lipinski definition) is 4. The minimum Gasteiger partial charge on any atom is -0.302 e. The van der Waals surface area contributed by atoms with E-state index < -0.39 is 17.7 Å². The Labute approximate surface area is 141 Å². The fraction of sp³-hybridized carbons (Fsp3) is 0.188. The quantitative estimate of drug-likeness (QED) is 0.710. The van der Waals surface area contributed by atoms with Gasteiger partial charge in [0.1, 0.15) is 30.3 Å². The summed E-state index contributed by atoms with van der Waals surface area (Å²) in [5, 5.41) is 5.83. The van der Waals surface area contributed by atoms with Crippen molar-refractivity contribution in [3.05, 3.63) is 64.9 Å². The molecule has 0 aliphatic heterocycles. The topological polar surface area (TPSA) is 51.0 Å². The number of amides is 1. The number of halogens is 2. The highest BCUT2D eigenvalue weighted by atomic mass is 32.1. The Kier molecular flexibility index (Phi) is 4.66. The van der Waals surface area contributed by atoms with Crippen LogP contribution in [0.25, 0.3) is 0 Å². The van der Waals surface area contributed by atoms with Crippen LogP contribution in [-0.2, 0) is 11.3 Å². The first-order chi connectivity index (χ1) is 11.6. The number of thiophene rings is 1. The molecular formula is C16H14F2N4OS. The summed E-state index contributed by atoms with van der Waals surface area (Å²) in [5.41, 5.74) is 0.0294. The molecule has 0 aliphatic carbocycles. The van der Waals surface area contributed by atoms with E-state index in [9.17, 15) is 13.6 Å². The van der Waals surface area contributed by atoms with Crippen LogP contribution in [0.3, 0.4) is 0 Å². The lowest BCUT2D eigenvalue weighted by Crippen LogP contribution is -2.36. The van der Waals surface area contributed by atoms with Crippen molar-refractivity contribution in [3.63, 3.8) is 0 Å². The maximum Gasteiger partial charge on any atom is 0.252 e. The number of anilines is 1. The van der Waals surface area contributed by atoms with Crippen LogP contribution in [0.15, 0.2) is 48.4 Å². The van der Waals surface area contributed by atoms with Crippen LogP contribution in [-0.4, -0.2) is 20.7 Å². The van der Waals surface area contributed by atoms with E-state index in [-0.39, 0.29) is 18.1 Å². The van der Waals surface area contributed by atoms with Crippen molar-refractivity contribution in [2.45, 2.75) is 19.5 Å². The van der Waals surface area contributed by atoms with E-state index in [0.717, 1.165) is 17.0 Å². The summed E-state index contributed by atoms with van der Waals surface area (Å²) < 4.78 is 28.8. The van der Waals surface area contributed by atoms with E-state index >= 15 is 0 Å². The van der Waals surface area contributed by atoms with E-state index in [1.54, 1.807) is 6.92 Å². The van der Waals surface area contributed by atoms with Crippen LogP contribution < -0.4 is 4.90 Å². The number of benzene rings is 1. The number of carbonyl (C=O) groups is 1. The van der Waals surface area contributed by atoms with Crippen LogP contribution >= 0.6 is 11.3 Å². The van der Waals surface area contributed by atoms with Gasteiger partial charge in [-0.3, -0.25) is 4.79 Å². The Bertz CT molecular complexity index is 821. The van der Waals surface area contributed by atoms with Crippen LogP contribution in [0.5, 0.6) is 0 Å². The molecule has 0 N–H and O–H groups in total. The minimum absolute atomic E-state index is 0.0294. The summed E-state index contributed by atoms with van der Waals surface area (Å²) >= 11 is 1.46. The second kappa shape index (κ2) is 6.88. The molecule has 1 aromatic carbocycles. The lowest BCUT2D eigenvalue weighted by molar-refractivity contribution is -0.121. The van der Waals surface area contributed by atoms with Gasteiger partial charge >= 0.3 is 0 Å². The number of carbonyl (C=O) groups excluding carboxylic acids is 1. The molecule has 0 saturated heterocycles. The van der Waals surface area contributed by atoms with Gasteiger partial charge in [0.15, 0.2) is 0 Å². The molecule has 124 valence electrons. The Morgan fingerprint density at radius 3 is 2.83 bits per heavy atom. The van der Waals surface area contributed by atoms with Gasteiger partial charge in [0.25, 0.3) is 5.91 Å². The first-order valence-corrected chi connectivity index (χ1v) is 8.07. The summed E-state index contributed by atoms with van der Waals surface area (Å²) in [6.07, 6.45) is 2.75. The summed E-state index contributed by atoms with van der Waals surface area (Å²) in [4.78, 5) is 18.9. The van der Waals surface area contributed by atoms with Crippen LogP contribution in [0.4, 0.5) is 14.5 Å². The Balaban J connectivity index is 1.96. The zero-order valence-corrected chi connectivity index (χ0v) is 13.6. The first kappa shape index (κ1) is 16.3. The molecule has 0 aliphatic rings. The molecule has 5 nitrogen and oxygen atoms in total. The van der Waals surface area contributed by atoms with Crippen molar-refractivity contribution in [1.82, 2.24) is 14.8 Å². The molecule has 0 saturated carbocycles. The molecule has 0 spiro atoms. The zero-order valence-electron chi connectivity index (χ0n) is 12.8. The van der Waals surface area contributed by atoms with Gasteiger partial charge < -0.3 is 4.90 Å². The fourth-order valence-corrected chi connectivity index (χ4v) is 2.99. The number of nitrogens with zero attached hydrogens (tertiary/aromatic N) is 4. The normalized spacial score (nSPS) is 12.1. The standard InChI is InChI=1S/C16H14F2N4OS/c1-11(22-10-19-9-20-22)16(23)21(8-13-3-2-6-24-13)15-5-4-12(17)7-14(15)18/h2-7,9-11H,8H2,1H3/t11-/m1/s1. The molecule has 24 heavy (non-hydrogen) atoms. The van der Waals surface area contributed by atoms with Gasteiger partial charge in [0, 0.05) is 10.9 Å². The average Bonchev–Trinajstić information content (AvgIpc) is 3.25. The largest absolute Gasteiger partial charge is 0.302 e. The Morgan fingerprint density at radius 2 is 2.21 bits per heavy atom. The molecule has 3 aromatic rings. The predicted molar refractivity (Wildman–Crippen MR) is 86.6 cm³/mol. The van der Waals surface area contributed by atoms with E-state index in [0.29, 0.717) is 0 Å². The van der Waals surface area contributed by atoms with Gasteiger partial charge in [-0.15, -0.1) is 11.3 Å². The predicted octanol–water partition coefficient (Wildman–Crippen LogP) is 3.41. The van der Waals surface area contributed by atoms with Gasteiger partial charge in [0.2, 0.25) is 0 Å². The lowest BCUT2D eigenvalue weighted by Gasteiger charge is -2.26. The van der Waals surface area contributed by atoms with Gasteiger partial charge in [-0.25, -0.2) is 18.4 Å². The molecule has 1 atom stereocenters. The molecule has 0 bridgehead atoms. The molecule has 0 unspecified atom stereocenters. The van der Waals surface area contributed by atoms with Gasteiger partial charge in [-0.1, -0.05) is 6.07 Å². The lowest BCUT2D eigenvalue weighted by atomic mass is 10.2. The van der Waals surface area contributed by atoms with E-state index in [1.807, 2.05) is 17.5 Å². The number of hydrogen-bond donors (Lipinski definition) is 0. The zero-order chi connectivity index (χ0) is 17.1. The minimum atomic E-state index is -0.786. The van der Waals surface area contributed by atoms with Gasteiger partial charge in [-0.2, -0.15) is 5.10 Å². The number of aromatic nitrogens is 3. The Morgan fingerprint density at radius 1 is 1.38 bits per heavy atom. The van der Waals surface area contributed by atoms with Crippen molar-refractivity contribution >= 4 is 22.9 Å². The van der Waals surface area contributed by atoms with Crippen LogP contribution in [0.2, 0.25) is 0 Å². The van der Waals surface area contributed by atoms with Crippen molar-refractivity contribution in [3.8, 4) is 0 Å². The van der Waals surface area contributed by atoms with Gasteiger partial charge in [0.05, 0.1) is 12.2 Å².